The van der Waals surface area contributed by atoms with Crippen molar-refractivity contribution in [1.29, 1.82) is 0 Å². The second kappa shape index (κ2) is 8.60. The molecule has 0 radical (unpaired) electrons. The van der Waals surface area contributed by atoms with Crippen molar-refractivity contribution in [3.8, 4) is 0 Å². The number of nitrogens with zero attached hydrogens (tertiary/aromatic N) is 4. The Balaban J connectivity index is 1.92. The van der Waals surface area contributed by atoms with Crippen molar-refractivity contribution in [1.82, 2.24) is 24.4 Å². The summed E-state index contributed by atoms with van der Waals surface area (Å²) in [5.41, 5.74) is -0.933. The number of nitrogens with one attached hydrogen (secondary N) is 2. The number of esters is 1. The average Bonchev–Trinajstić information content (AvgIpc) is 3.30. The number of carbonyl (C=O) groups is 3. The van der Waals surface area contributed by atoms with Gasteiger partial charge in [-0.15, -0.1) is 0 Å². The number of aromatic nitrogens is 4. The van der Waals surface area contributed by atoms with Gasteiger partial charge in [0.05, 0.1) is 19.5 Å². The van der Waals surface area contributed by atoms with E-state index in [1.807, 2.05) is 0 Å². The number of carbonyl (C=O) groups excluding carboxylic acids is 3. The second-order valence-corrected chi connectivity index (χ2v) is 8.94. The monoisotopic (exact) mass is 448 g/mol. The number of H-pyrrole nitrogens is 1. The lowest BCUT2D eigenvalue weighted by molar-refractivity contribution is -0.145. The first-order valence-corrected chi connectivity index (χ1v) is 10.3. The maximum atomic E-state index is 12.8. The molecule has 3 heterocycles. The van der Waals surface area contributed by atoms with E-state index < -0.39 is 35.3 Å². The molecule has 0 bridgehead atoms. The van der Waals surface area contributed by atoms with Crippen LogP contribution < -0.4 is 10.9 Å². The van der Waals surface area contributed by atoms with E-state index in [0.29, 0.717) is 0 Å². The van der Waals surface area contributed by atoms with Crippen LogP contribution in [0.25, 0.3) is 11.2 Å². The highest BCUT2D eigenvalue weighted by Gasteiger charge is 2.43. The van der Waals surface area contributed by atoms with E-state index in [9.17, 15) is 19.2 Å². The van der Waals surface area contributed by atoms with Crippen LogP contribution in [0, 0.1) is 5.92 Å². The quantitative estimate of drug-likeness (QED) is 0.668. The number of ether oxygens (including phenoxy) is 2. The number of rotatable bonds is 4. The van der Waals surface area contributed by atoms with Gasteiger partial charge in [-0.1, -0.05) is 13.8 Å². The van der Waals surface area contributed by atoms with Gasteiger partial charge in [0.25, 0.3) is 5.56 Å². The van der Waals surface area contributed by atoms with Crippen molar-refractivity contribution in [2.45, 2.75) is 58.7 Å². The molecule has 2 N–H and O–H groups in total. The van der Waals surface area contributed by atoms with Crippen LogP contribution in [0.4, 0.5) is 10.7 Å². The number of methoxy groups -OCH3 is 1. The predicted molar refractivity (Wildman–Crippen MR) is 114 cm³/mol. The van der Waals surface area contributed by atoms with Gasteiger partial charge in [0.2, 0.25) is 11.9 Å². The number of hydrogen-bond acceptors (Lipinski definition) is 8. The van der Waals surface area contributed by atoms with Crippen LogP contribution in [0.15, 0.2) is 11.1 Å². The number of fused-ring (bicyclic) bond motifs is 1. The first kappa shape index (κ1) is 23.2. The van der Waals surface area contributed by atoms with Gasteiger partial charge in [0, 0.05) is 18.9 Å². The molecule has 1 saturated heterocycles. The van der Waals surface area contributed by atoms with E-state index in [4.69, 9.17) is 9.47 Å². The Labute approximate surface area is 184 Å². The van der Waals surface area contributed by atoms with Gasteiger partial charge in [-0.05, 0) is 20.8 Å². The molecule has 0 aliphatic carbocycles. The van der Waals surface area contributed by atoms with Gasteiger partial charge >= 0.3 is 12.1 Å². The standard InChI is InChI=1S/C20H28N6O6/c1-10(2)15(27)23-18-22-14-13(16(28)24-18)26(9-21-14)11-7-12(17(29)31-6)25(8-11)19(30)32-20(3,4)5/h9-12H,7-8H2,1-6H3,(H2,22,23,24,27,28)/t11-,12-/m0/s1. The molecule has 12 nitrogen and oxygen atoms in total. The molecule has 2 aromatic heterocycles. The first-order chi connectivity index (χ1) is 14.9. The molecule has 0 unspecified atom stereocenters. The predicted octanol–water partition coefficient (Wildman–Crippen LogP) is 1.44. The van der Waals surface area contributed by atoms with Crippen LogP contribution >= 0.6 is 0 Å². The third-order valence-corrected chi connectivity index (χ3v) is 4.98. The molecule has 2 amide bonds. The number of likely N-dealkylation sites (tertiary alicyclic amines) is 1. The number of aromatic amines is 1. The van der Waals surface area contributed by atoms with Gasteiger partial charge in [-0.2, -0.15) is 4.98 Å². The molecule has 1 fully saturated rings. The molecule has 3 rings (SSSR count). The third kappa shape index (κ3) is 4.73. The fourth-order valence-corrected chi connectivity index (χ4v) is 3.45. The number of amides is 2. The summed E-state index contributed by atoms with van der Waals surface area (Å²) < 4.78 is 11.9. The van der Waals surface area contributed by atoms with Gasteiger partial charge in [-0.3, -0.25) is 24.8 Å². The first-order valence-electron chi connectivity index (χ1n) is 10.3. The van der Waals surface area contributed by atoms with Crippen molar-refractivity contribution in [3.63, 3.8) is 0 Å². The van der Waals surface area contributed by atoms with Crippen molar-refractivity contribution in [3.05, 3.63) is 16.7 Å². The summed E-state index contributed by atoms with van der Waals surface area (Å²) >= 11 is 0. The molecule has 2 atom stereocenters. The molecule has 2 aromatic rings. The summed E-state index contributed by atoms with van der Waals surface area (Å²) in [6.07, 6.45) is 0.992. The largest absolute Gasteiger partial charge is 0.467 e. The highest BCUT2D eigenvalue weighted by molar-refractivity contribution is 5.91. The highest BCUT2D eigenvalue weighted by Crippen LogP contribution is 2.31. The molecule has 0 aromatic carbocycles. The normalized spacial score (nSPS) is 18.8. The summed E-state index contributed by atoms with van der Waals surface area (Å²) in [5.74, 6) is -1.16. The second-order valence-electron chi connectivity index (χ2n) is 8.94. The summed E-state index contributed by atoms with van der Waals surface area (Å²) in [6, 6.07) is -1.30. The smallest absolute Gasteiger partial charge is 0.411 e. The number of anilines is 1. The van der Waals surface area contributed by atoms with E-state index in [1.54, 1.807) is 39.2 Å². The maximum Gasteiger partial charge on any atom is 0.411 e. The third-order valence-electron chi connectivity index (χ3n) is 4.98. The SMILES string of the molecule is COC(=O)[C@@H]1C[C@H](n2cnc3nc(NC(=O)C(C)C)[nH]c(=O)c32)CN1C(=O)OC(C)(C)C. The van der Waals surface area contributed by atoms with Crippen LogP contribution in [-0.4, -0.2) is 67.7 Å². The highest BCUT2D eigenvalue weighted by atomic mass is 16.6. The lowest BCUT2D eigenvalue weighted by Crippen LogP contribution is -2.43. The molecule has 1 aliphatic rings. The van der Waals surface area contributed by atoms with Crippen LogP contribution in [0.2, 0.25) is 0 Å². The van der Waals surface area contributed by atoms with Crippen LogP contribution in [-0.2, 0) is 19.1 Å². The van der Waals surface area contributed by atoms with Crippen LogP contribution in [0.5, 0.6) is 0 Å². The Hall–Kier alpha value is -3.44. The van der Waals surface area contributed by atoms with Crippen molar-refractivity contribution >= 4 is 35.1 Å². The lowest BCUT2D eigenvalue weighted by atomic mass is 10.1. The lowest BCUT2D eigenvalue weighted by Gasteiger charge is -2.27. The Morgan fingerprint density at radius 3 is 2.56 bits per heavy atom. The number of imidazole rings is 1. The Bertz CT molecular complexity index is 1100. The zero-order valence-electron chi connectivity index (χ0n) is 19.0. The van der Waals surface area contributed by atoms with Gasteiger partial charge < -0.3 is 14.0 Å². The van der Waals surface area contributed by atoms with E-state index >= 15 is 0 Å². The topological polar surface area (TPSA) is 149 Å². The molecule has 1 aliphatic heterocycles. The summed E-state index contributed by atoms with van der Waals surface area (Å²) in [4.78, 5) is 61.9. The summed E-state index contributed by atoms with van der Waals surface area (Å²) in [6.45, 7) is 8.75. The van der Waals surface area contributed by atoms with E-state index in [1.165, 1.54) is 18.3 Å². The minimum Gasteiger partial charge on any atom is -0.467 e. The molecular weight excluding hydrogens is 420 g/mol. The minimum absolute atomic E-state index is 0.000640. The Kier molecular flexibility index (Phi) is 6.24. The Morgan fingerprint density at radius 2 is 1.97 bits per heavy atom. The molecule has 0 spiro atoms. The molecule has 174 valence electrons. The zero-order chi connectivity index (χ0) is 23.8. The fraction of sp³-hybridized carbons (Fsp3) is 0.600. The van der Waals surface area contributed by atoms with Crippen molar-refractivity contribution < 1.29 is 23.9 Å². The molecular formula is C20H28N6O6. The van der Waals surface area contributed by atoms with Crippen LogP contribution in [0.1, 0.15) is 47.1 Å². The summed E-state index contributed by atoms with van der Waals surface area (Å²) in [7, 11) is 1.25. The van der Waals surface area contributed by atoms with Gasteiger partial charge in [0.1, 0.15) is 11.6 Å². The summed E-state index contributed by atoms with van der Waals surface area (Å²) in [5, 5.41) is 2.54. The van der Waals surface area contributed by atoms with E-state index in [2.05, 4.69) is 20.3 Å². The van der Waals surface area contributed by atoms with Crippen LogP contribution in [0.3, 0.4) is 0 Å². The molecule has 0 saturated carbocycles. The number of hydrogen-bond donors (Lipinski definition) is 2. The Morgan fingerprint density at radius 1 is 1.28 bits per heavy atom. The van der Waals surface area contributed by atoms with Gasteiger partial charge in [-0.25, -0.2) is 14.6 Å². The van der Waals surface area contributed by atoms with Crippen molar-refractivity contribution in [2.24, 2.45) is 5.92 Å². The average molecular weight is 448 g/mol. The van der Waals surface area contributed by atoms with E-state index in [0.717, 1.165) is 0 Å². The van der Waals surface area contributed by atoms with Gasteiger partial charge in [0.15, 0.2) is 11.2 Å². The minimum atomic E-state index is -0.867. The van der Waals surface area contributed by atoms with E-state index in [-0.39, 0.29) is 41.9 Å². The molecule has 12 heteroatoms. The fourth-order valence-electron chi connectivity index (χ4n) is 3.45. The molecule has 32 heavy (non-hydrogen) atoms. The maximum absolute atomic E-state index is 12.8. The zero-order valence-corrected chi connectivity index (χ0v) is 19.0. The van der Waals surface area contributed by atoms with Crippen molar-refractivity contribution in [2.75, 3.05) is 19.0 Å².